The van der Waals surface area contributed by atoms with Gasteiger partial charge in [-0.15, -0.1) is 11.3 Å². The van der Waals surface area contributed by atoms with E-state index in [1.807, 2.05) is 13.8 Å². The Kier molecular flexibility index (Phi) is 3.48. The van der Waals surface area contributed by atoms with Gasteiger partial charge in [-0.05, 0) is 25.0 Å². The summed E-state index contributed by atoms with van der Waals surface area (Å²) < 4.78 is 0.968. The highest BCUT2D eigenvalue weighted by Crippen LogP contribution is 2.46. The van der Waals surface area contributed by atoms with Gasteiger partial charge in [-0.3, -0.25) is 10.5 Å². The Labute approximate surface area is 149 Å². The van der Waals surface area contributed by atoms with E-state index in [2.05, 4.69) is 40.6 Å². The fourth-order valence-electron chi connectivity index (χ4n) is 3.46. The zero-order valence-electron chi connectivity index (χ0n) is 13.9. The Morgan fingerprint density at radius 2 is 2.04 bits per heavy atom. The number of nitriles is 1. The van der Waals surface area contributed by atoms with Gasteiger partial charge in [0.2, 0.25) is 5.91 Å². The van der Waals surface area contributed by atoms with Crippen LogP contribution in [0.15, 0.2) is 24.3 Å². The molecule has 0 spiro atoms. The van der Waals surface area contributed by atoms with E-state index in [0.717, 1.165) is 31.9 Å². The molecule has 0 radical (unpaired) electrons. The molecular weight excluding hydrogens is 332 g/mol. The molecule has 25 heavy (non-hydrogen) atoms. The number of amides is 1. The fraction of sp³-hybridized carbons (Fsp3) is 0.211. The van der Waals surface area contributed by atoms with E-state index in [-0.39, 0.29) is 11.8 Å². The maximum atomic E-state index is 12.2. The van der Waals surface area contributed by atoms with Gasteiger partial charge in [0.1, 0.15) is 22.2 Å². The lowest BCUT2D eigenvalue weighted by molar-refractivity contribution is -0.327. The summed E-state index contributed by atoms with van der Waals surface area (Å²) in [6.45, 7) is 3.94. The number of carbonyl (C=O) groups is 1. The van der Waals surface area contributed by atoms with Crippen LogP contribution in [0.25, 0.3) is 10.2 Å². The maximum absolute atomic E-state index is 12.2. The van der Waals surface area contributed by atoms with Crippen molar-refractivity contribution >= 4 is 38.3 Å². The van der Waals surface area contributed by atoms with Crippen LogP contribution >= 0.6 is 11.3 Å². The standard InChI is InChI=1S/C19H16N4OS/c1-9-3-5-11(6-4-9)12-7-14(24)22-19-15(12)16-17(25-19)10(2)13(8-20)18(21)23-16/h3-6,12H,7H2,1-2H3,(H2,21,23)(H,22,24)/p+1/t12-/m1/s1. The van der Waals surface area contributed by atoms with E-state index >= 15 is 0 Å². The number of hydrogen-bond donors (Lipinski definition) is 2. The van der Waals surface area contributed by atoms with Crippen molar-refractivity contribution in [2.75, 3.05) is 11.1 Å². The van der Waals surface area contributed by atoms with Gasteiger partial charge in [0.15, 0.2) is 0 Å². The predicted octanol–water partition coefficient (Wildman–Crippen LogP) is 3.26. The second kappa shape index (κ2) is 5.57. The number of rotatable bonds is 1. The molecule has 2 aromatic heterocycles. The Morgan fingerprint density at radius 3 is 2.72 bits per heavy atom. The molecule has 0 fully saturated rings. The number of nitrogens with zero attached hydrogens (tertiary/aromatic N) is 1. The smallest absolute Gasteiger partial charge is 0.289 e. The van der Waals surface area contributed by atoms with Crippen molar-refractivity contribution in [1.29, 1.82) is 5.26 Å². The fourth-order valence-corrected chi connectivity index (χ4v) is 4.70. The number of fused-ring (bicyclic) bond motifs is 3. The summed E-state index contributed by atoms with van der Waals surface area (Å²) in [5.74, 6) is 0.351. The number of nitrogen functional groups attached to an aromatic ring is 1. The van der Waals surface area contributed by atoms with Crippen LogP contribution in [-0.4, -0.2) is 5.91 Å². The first-order valence-electron chi connectivity index (χ1n) is 8.04. The van der Waals surface area contributed by atoms with Gasteiger partial charge in [-0.1, -0.05) is 29.8 Å². The lowest BCUT2D eigenvalue weighted by atomic mass is 9.86. The van der Waals surface area contributed by atoms with E-state index in [1.165, 1.54) is 16.9 Å². The van der Waals surface area contributed by atoms with E-state index < -0.39 is 0 Å². The number of aromatic amines is 1. The number of carbonyl (C=O) groups excluding carboxylic acids is 1. The van der Waals surface area contributed by atoms with Gasteiger partial charge in [0.05, 0.1) is 4.70 Å². The minimum atomic E-state index is -0.0268. The van der Waals surface area contributed by atoms with Crippen LogP contribution in [-0.2, 0) is 4.79 Å². The first-order chi connectivity index (χ1) is 12.0. The third-order valence-electron chi connectivity index (χ3n) is 4.77. The highest BCUT2D eigenvalue weighted by atomic mass is 32.1. The van der Waals surface area contributed by atoms with E-state index in [9.17, 15) is 10.1 Å². The predicted molar refractivity (Wildman–Crippen MR) is 98.5 cm³/mol. The summed E-state index contributed by atoms with van der Waals surface area (Å²) in [4.78, 5) is 15.4. The molecule has 0 saturated carbocycles. The van der Waals surface area contributed by atoms with Gasteiger partial charge in [-0.2, -0.15) is 5.26 Å². The van der Waals surface area contributed by atoms with Crippen molar-refractivity contribution in [2.24, 2.45) is 0 Å². The lowest BCUT2D eigenvalue weighted by Gasteiger charge is -2.22. The zero-order valence-corrected chi connectivity index (χ0v) is 14.8. The molecule has 1 aliphatic rings. The minimum Gasteiger partial charge on any atom is -0.317 e. The van der Waals surface area contributed by atoms with Crippen molar-refractivity contribution in [2.45, 2.75) is 26.2 Å². The summed E-state index contributed by atoms with van der Waals surface area (Å²) in [5.41, 5.74) is 11.6. The Bertz CT molecular complexity index is 1060. The normalized spacial score (nSPS) is 16.4. The van der Waals surface area contributed by atoms with Crippen molar-refractivity contribution in [3.63, 3.8) is 0 Å². The number of aryl methyl sites for hydroxylation is 2. The Hall–Kier alpha value is -2.91. The molecule has 4 rings (SSSR count). The minimum absolute atomic E-state index is 0.00997. The number of thiophene rings is 1. The molecule has 0 bridgehead atoms. The molecule has 6 heteroatoms. The summed E-state index contributed by atoms with van der Waals surface area (Å²) >= 11 is 1.50. The summed E-state index contributed by atoms with van der Waals surface area (Å²) in [6.07, 6.45) is 0.398. The van der Waals surface area contributed by atoms with E-state index in [0.29, 0.717) is 17.8 Å². The summed E-state index contributed by atoms with van der Waals surface area (Å²) in [6, 6.07) is 10.4. The number of nitrogens with two attached hydrogens (primary N) is 1. The average Bonchev–Trinajstić information content (AvgIpc) is 2.93. The highest BCUT2D eigenvalue weighted by molar-refractivity contribution is 7.23. The van der Waals surface area contributed by atoms with Gasteiger partial charge in [0.25, 0.3) is 5.82 Å². The largest absolute Gasteiger partial charge is 0.317 e. The number of hydrogen-bond acceptors (Lipinski definition) is 4. The van der Waals surface area contributed by atoms with Gasteiger partial charge >= 0.3 is 0 Å². The van der Waals surface area contributed by atoms with Gasteiger partial charge in [0, 0.05) is 17.9 Å². The topological polar surface area (TPSA) is 93.0 Å². The summed E-state index contributed by atoms with van der Waals surface area (Å²) in [7, 11) is 0. The number of anilines is 2. The molecule has 1 atom stereocenters. The number of aromatic nitrogens is 1. The molecule has 1 aliphatic heterocycles. The van der Waals surface area contributed by atoms with Crippen LogP contribution in [0.4, 0.5) is 10.8 Å². The Balaban J connectivity index is 2.00. The maximum Gasteiger partial charge on any atom is 0.289 e. The second-order valence-corrected chi connectivity index (χ2v) is 7.44. The monoisotopic (exact) mass is 349 g/mol. The van der Waals surface area contributed by atoms with E-state index in [1.54, 1.807) is 0 Å². The molecule has 0 unspecified atom stereocenters. The zero-order chi connectivity index (χ0) is 17.7. The quantitative estimate of drug-likeness (QED) is 0.706. The summed E-state index contributed by atoms with van der Waals surface area (Å²) in [5, 5.41) is 13.2. The first-order valence-corrected chi connectivity index (χ1v) is 8.85. The number of benzene rings is 1. The van der Waals surface area contributed by atoms with Crippen LogP contribution in [0.3, 0.4) is 0 Å². The molecule has 3 aromatic rings. The van der Waals surface area contributed by atoms with E-state index in [4.69, 9.17) is 5.73 Å². The highest BCUT2D eigenvalue weighted by Gasteiger charge is 2.33. The van der Waals surface area contributed by atoms with Crippen molar-refractivity contribution in [3.05, 3.63) is 52.1 Å². The third kappa shape index (κ3) is 2.36. The van der Waals surface area contributed by atoms with Crippen LogP contribution in [0.1, 0.15) is 40.2 Å². The van der Waals surface area contributed by atoms with Gasteiger partial charge in [-0.25, -0.2) is 4.98 Å². The van der Waals surface area contributed by atoms with Crippen molar-refractivity contribution < 1.29 is 9.78 Å². The molecule has 5 nitrogen and oxygen atoms in total. The third-order valence-corrected chi connectivity index (χ3v) is 6.01. The second-order valence-electron chi connectivity index (χ2n) is 6.42. The van der Waals surface area contributed by atoms with Crippen molar-refractivity contribution in [1.82, 2.24) is 0 Å². The Morgan fingerprint density at radius 1 is 1.32 bits per heavy atom. The van der Waals surface area contributed by atoms with Crippen LogP contribution < -0.4 is 16.0 Å². The van der Waals surface area contributed by atoms with Crippen molar-refractivity contribution in [3.8, 4) is 6.07 Å². The van der Waals surface area contributed by atoms with Crippen LogP contribution in [0.2, 0.25) is 0 Å². The number of H-pyrrole nitrogens is 1. The van der Waals surface area contributed by atoms with Crippen LogP contribution in [0, 0.1) is 25.2 Å². The first kappa shape index (κ1) is 15.6. The van der Waals surface area contributed by atoms with Crippen LogP contribution in [0.5, 0.6) is 0 Å². The van der Waals surface area contributed by atoms with Gasteiger partial charge < -0.3 is 5.32 Å². The molecule has 0 saturated heterocycles. The molecule has 124 valence electrons. The SMILES string of the molecule is Cc1ccc([C@H]2CC(=O)Nc3sc4c(C)c(C#N)c(N)[nH+]c4c32)cc1. The number of nitrogens with one attached hydrogen (secondary N) is 2. The molecule has 1 amide bonds. The average molecular weight is 349 g/mol. The lowest BCUT2D eigenvalue weighted by Crippen LogP contribution is -2.24. The molecule has 1 aromatic carbocycles. The molecule has 0 aliphatic carbocycles. The molecule has 4 N–H and O–H groups in total. The number of pyridine rings is 1. The molecular formula is C19H17N4OS+. The molecule has 3 heterocycles.